The number of ether oxygens (including phenoxy) is 1. The molecule has 7 heteroatoms. The van der Waals surface area contributed by atoms with Gasteiger partial charge >= 0.3 is 0 Å². The summed E-state index contributed by atoms with van der Waals surface area (Å²) >= 11 is 6.01. The first-order valence-corrected chi connectivity index (χ1v) is 8.52. The fourth-order valence-corrected chi connectivity index (χ4v) is 3.62. The third-order valence-electron chi connectivity index (χ3n) is 4.61. The van der Waals surface area contributed by atoms with Crippen molar-refractivity contribution in [3.63, 3.8) is 0 Å². The Kier molecular flexibility index (Phi) is 3.92. The number of carbonyl (C=O) groups excluding carboxylic acids is 1. The van der Waals surface area contributed by atoms with Crippen LogP contribution in [0.25, 0.3) is 0 Å². The molecule has 1 saturated heterocycles. The fraction of sp³-hybridized carbons (Fsp3) is 0.471. The predicted molar refractivity (Wildman–Crippen MR) is 87.2 cm³/mol. The van der Waals surface area contributed by atoms with E-state index in [1.807, 2.05) is 17.0 Å². The summed E-state index contributed by atoms with van der Waals surface area (Å²) in [6, 6.07) is 5.47. The van der Waals surface area contributed by atoms with E-state index < -0.39 is 6.10 Å². The van der Waals surface area contributed by atoms with Gasteiger partial charge < -0.3 is 14.2 Å². The summed E-state index contributed by atoms with van der Waals surface area (Å²) in [5.74, 6) is 2.14. The largest absolute Gasteiger partial charge is 0.480 e. The van der Waals surface area contributed by atoms with Crippen LogP contribution in [0.5, 0.6) is 5.75 Å². The average molecular weight is 348 g/mol. The molecule has 126 valence electrons. The SMILES string of the molecule is Cc1nc([C@@H]2CCCN(C(=O)[C@@H]3Cc4cc(Cl)ccc4O3)C2)no1. The molecule has 0 bridgehead atoms. The van der Waals surface area contributed by atoms with E-state index in [4.69, 9.17) is 20.9 Å². The van der Waals surface area contributed by atoms with Crippen LogP contribution >= 0.6 is 11.6 Å². The van der Waals surface area contributed by atoms with Crippen molar-refractivity contribution < 1.29 is 14.1 Å². The zero-order valence-electron chi connectivity index (χ0n) is 13.4. The number of aryl methyl sites for hydroxylation is 1. The summed E-state index contributed by atoms with van der Waals surface area (Å²) in [7, 11) is 0. The van der Waals surface area contributed by atoms with Crippen molar-refractivity contribution in [3.05, 3.63) is 40.5 Å². The first-order chi connectivity index (χ1) is 11.6. The summed E-state index contributed by atoms with van der Waals surface area (Å²) in [4.78, 5) is 19.0. The number of likely N-dealkylation sites (tertiary alicyclic amines) is 1. The quantitative estimate of drug-likeness (QED) is 0.835. The van der Waals surface area contributed by atoms with E-state index in [1.165, 1.54) is 0 Å². The van der Waals surface area contributed by atoms with Gasteiger partial charge in [0.05, 0.1) is 0 Å². The highest BCUT2D eigenvalue weighted by Crippen LogP contribution is 2.33. The number of hydrogen-bond acceptors (Lipinski definition) is 5. The number of amides is 1. The van der Waals surface area contributed by atoms with E-state index in [0.717, 1.165) is 30.7 Å². The number of halogens is 1. The van der Waals surface area contributed by atoms with Crippen molar-refractivity contribution in [2.45, 2.75) is 38.2 Å². The maximum Gasteiger partial charge on any atom is 0.264 e. The second kappa shape index (κ2) is 6.09. The molecule has 0 radical (unpaired) electrons. The number of nitrogens with zero attached hydrogens (tertiary/aromatic N) is 3. The van der Waals surface area contributed by atoms with Gasteiger partial charge in [-0.2, -0.15) is 4.98 Å². The molecule has 24 heavy (non-hydrogen) atoms. The number of benzene rings is 1. The molecule has 6 nitrogen and oxygen atoms in total. The summed E-state index contributed by atoms with van der Waals surface area (Å²) in [5, 5.41) is 4.67. The number of piperidine rings is 1. The Hall–Kier alpha value is -2.08. The number of carbonyl (C=O) groups is 1. The molecular formula is C17H18ClN3O3. The van der Waals surface area contributed by atoms with E-state index in [9.17, 15) is 4.79 Å². The summed E-state index contributed by atoms with van der Waals surface area (Å²) in [6.07, 6.45) is 1.99. The van der Waals surface area contributed by atoms with Crippen LogP contribution < -0.4 is 4.74 Å². The smallest absolute Gasteiger partial charge is 0.264 e. The van der Waals surface area contributed by atoms with E-state index in [2.05, 4.69) is 10.1 Å². The van der Waals surface area contributed by atoms with E-state index >= 15 is 0 Å². The summed E-state index contributed by atoms with van der Waals surface area (Å²) in [5.41, 5.74) is 0.989. The van der Waals surface area contributed by atoms with E-state index in [1.54, 1.807) is 13.0 Å². The lowest BCUT2D eigenvalue weighted by atomic mass is 9.96. The van der Waals surface area contributed by atoms with Gasteiger partial charge in [0, 0.05) is 37.4 Å². The monoisotopic (exact) mass is 347 g/mol. The molecule has 1 fully saturated rings. The molecule has 0 aliphatic carbocycles. The number of fused-ring (bicyclic) bond motifs is 1. The minimum absolute atomic E-state index is 0.0206. The van der Waals surface area contributed by atoms with Gasteiger partial charge in [0.2, 0.25) is 5.89 Å². The zero-order valence-corrected chi connectivity index (χ0v) is 14.1. The van der Waals surface area contributed by atoms with Gasteiger partial charge in [0.1, 0.15) is 5.75 Å². The Balaban J connectivity index is 1.45. The maximum atomic E-state index is 12.8. The van der Waals surface area contributed by atoms with Crippen LogP contribution in [-0.4, -0.2) is 40.1 Å². The van der Waals surface area contributed by atoms with Gasteiger partial charge in [-0.15, -0.1) is 0 Å². The number of aromatic nitrogens is 2. The first kappa shape index (κ1) is 15.4. The molecule has 0 unspecified atom stereocenters. The second-order valence-corrected chi connectivity index (χ2v) is 6.79. The molecule has 2 aromatic rings. The molecule has 2 atom stereocenters. The van der Waals surface area contributed by atoms with Crippen molar-refractivity contribution >= 4 is 17.5 Å². The molecule has 1 aromatic carbocycles. The van der Waals surface area contributed by atoms with Crippen LogP contribution in [0, 0.1) is 6.92 Å². The van der Waals surface area contributed by atoms with Crippen LogP contribution in [0.1, 0.15) is 36.0 Å². The van der Waals surface area contributed by atoms with E-state index in [0.29, 0.717) is 29.7 Å². The molecule has 3 heterocycles. The van der Waals surface area contributed by atoms with Gasteiger partial charge in [-0.1, -0.05) is 16.8 Å². The summed E-state index contributed by atoms with van der Waals surface area (Å²) < 4.78 is 10.9. The van der Waals surface area contributed by atoms with Crippen molar-refractivity contribution in [2.75, 3.05) is 13.1 Å². The number of rotatable bonds is 2. The highest BCUT2D eigenvalue weighted by Gasteiger charge is 2.35. The molecule has 2 aliphatic heterocycles. The Morgan fingerprint density at radius 2 is 2.29 bits per heavy atom. The van der Waals surface area contributed by atoms with Crippen molar-refractivity contribution in [1.29, 1.82) is 0 Å². The molecule has 1 aromatic heterocycles. The highest BCUT2D eigenvalue weighted by molar-refractivity contribution is 6.30. The lowest BCUT2D eigenvalue weighted by molar-refractivity contribution is -0.139. The lowest BCUT2D eigenvalue weighted by Gasteiger charge is -2.32. The second-order valence-electron chi connectivity index (χ2n) is 6.36. The van der Waals surface area contributed by atoms with Crippen molar-refractivity contribution in [2.24, 2.45) is 0 Å². The zero-order chi connectivity index (χ0) is 16.7. The van der Waals surface area contributed by atoms with Crippen molar-refractivity contribution in [3.8, 4) is 5.75 Å². The molecule has 2 aliphatic rings. The Labute approximate surface area is 144 Å². The normalized spacial score (nSPS) is 23.0. The Morgan fingerprint density at radius 3 is 3.08 bits per heavy atom. The first-order valence-electron chi connectivity index (χ1n) is 8.14. The highest BCUT2D eigenvalue weighted by atomic mass is 35.5. The average Bonchev–Trinajstić information content (AvgIpc) is 3.20. The topological polar surface area (TPSA) is 68.5 Å². The minimum Gasteiger partial charge on any atom is -0.480 e. The van der Waals surface area contributed by atoms with Crippen LogP contribution in [0.3, 0.4) is 0 Å². The lowest BCUT2D eigenvalue weighted by Crippen LogP contribution is -2.46. The van der Waals surface area contributed by atoms with Crippen LogP contribution in [-0.2, 0) is 11.2 Å². The van der Waals surface area contributed by atoms with Gasteiger partial charge in [-0.25, -0.2) is 0 Å². The Bertz CT molecular complexity index is 776. The molecule has 0 spiro atoms. The molecule has 1 amide bonds. The van der Waals surface area contributed by atoms with E-state index in [-0.39, 0.29) is 11.8 Å². The third kappa shape index (κ3) is 2.86. The minimum atomic E-state index is -0.468. The summed E-state index contributed by atoms with van der Waals surface area (Å²) in [6.45, 7) is 3.12. The Morgan fingerprint density at radius 1 is 1.42 bits per heavy atom. The van der Waals surface area contributed by atoms with Gasteiger partial charge in [-0.3, -0.25) is 4.79 Å². The maximum absolute atomic E-state index is 12.8. The van der Waals surface area contributed by atoms with Crippen LogP contribution in [0.4, 0.5) is 0 Å². The molecule has 0 saturated carbocycles. The molecule has 0 N–H and O–H groups in total. The van der Waals surface area contributed by atoms with Crippen LogP contribution in [0.2, 0.25) is 5.02 Å². The molecular weight excluding hydrogens is 330 g/mol. The predicted octanol–water partition coefficient (Wildman–Crippen LogP) is 2.74. The number of hydrogen-bond donors (Lipinski definition) is 0. The van der Waals surface area contributed by atoms with Gasteiger partial charge in [0.15, 0.2) is 11.9 Å². The van der Waals surface area contributed by atoms with Gasteiger partial charge in [-0.05, 0) is 36.6 Å². The molecule has 4 rings (SSSR count). The third-order valence-corrected chi connectivity index (χ3v) is 4.85. The standard InChI is InChI=1S/C17H18ClN3O3/c1-10-19-16(20-24-10)11-3-2-6-21(9-11)17(22)15-8-12-7-13(18)4-5-14(12)23-15/h4-5,7,11,15H,2-3,6,8-9H2,1H3/t11-,15+/m1/s1. The van der Waals surface area contributed by atoms with Crippen LogP contribution in [0.15, 0.2) is 22.7 Å². The van der Waals surface area contributed by atoms with Crippen molar-refractivity contribution in [1.82, 2.24) is 15.0 Å². The van der Waals surface area contributed by atoms with Gasteiger partial charge in [0.25, 0.3) is 5.91 Å². The fourth-order valence-electron chi connectivity index (χ4n) is 3.43.